The summed E-state index contributed by atoms with van der Waals surface area (Å²) in [4.78, 5) is 19.6. The van der Waals surface area contributed by atoms with Gasteiger partial charge in [-0.1, -0.05) is 35.3 Å². The van der Waals surface area contributed by atoms with Gasteiger partial charge in [-0.3, -0.25) is 9.69 Å². The van der Waals surface area contributed by atoms with Crippen LogP contribution in [0.4, 0.5) is 5.69 Å². The molecule has 3 aromatic rings. The van der Waals surface area contributed by atoms with Crippen molar-refractivity contribution in [1.29, 1.82) is 0 Å². The molecule has 4 rings (SSSR count). The van der Waals surface area contributed by atoms with Crippen molar-refractivity contribution in [2.45, 2.75) is 13.8 Å². The zero-order valence-corrected chi connectivity index (χ0v) is 20.9. The van der Waals surface area contributed by atoms with Gasteiger partial charge in [0.1, 0.15) is 0 Å². The zero-order chi connectivity index (χ0) is 22.3. The first-order chi connectivity index (χ1) is 14.8. The third-order valence-corrected chi connectivity index (χ3v) is 7.59. The highest BCUT2D eigenvalue weighted by Crippen LogP contribution is 2.36. The molecule has 1 aromatic heterocycles. The Morgan fingerprint density at radius 3 is 2.52 bits per heavy atom. The van der Waals surface area contributed by atoms with E-state index < -0.39 is 0 Å². The Hall–Kier alpha value is -1.99. The van der Waals surface area contributed by atoms with Crippen LogP contribution in [0.15, 0.2) is 62.9 Å². The summed E-state index contributed by atoms with van der Waals surface area (Å²) in [5, 5.41) is 1.85. The number of amides is 1. The van der Waals surface area contributed by atoms with Crippen LogP contribution >= 0.6 is 50.9 Å². The van der Waals surface area contributed by atoms with Gasteiger partial charge in [0, 0.05) is 22.9 Å². The quantitative estimate of drug-likeness (QED) is 0.328. The third kappa shape index (κ3) is 4.35. The lowest BCUT2D eigenvalue weighted by Gasteiger charge is -2.11. The number of aliphatic imine (C=N–C) groups is 1. The van der Waals surface area contributed by atoms with Crippen molar-refractivity contribution in [3.63, 3.8) is 0 Å². The van der Waals surface area contributed by atoms with E-state index in [1.54, 1.807) is 18.0 Å². The number of carbonyl (C=O) groups is 1. The monoisotopic (exact) mass is 533 g/mol. The number of aryl methyl sites for hydroxylation is 1. The Morgan fingerprint density at radius 2 is 1.81 bits per heavy atom. The summed E-state index contributed by atoms with van der Waals surface area (Å²) >= 11 is 17.3. The molecule has 1 saturated heterocycles. The lowest BCUT2D eigenvalue weighted by atomic mass is 10.2. The van der Waals surface area contributed by atoms with Crippen molar-refractivity contribution in [3.05, 3.63) is 84.9 Å². The van der Waals surface area contributed by atoms with Gasteiger partial charge in [0.05, 0.1) is 26.3 Å². The molecule has 0 atom stereocenters. The van der Waals surface area contributed by atoms with Crippen molar-refractivity contribution >= 4 is 73.7 Å². The number of amidine groups is 1. The summed E-state index contributed by atoms with van der Waals surface area (Å²) in [6, 6.07) is 15.2. The topological polar surface area (TPSA) is 37.6 Å². The van der Waals surface area contributed by atoms with Crippen LogP contribution < -0.4 is 0 Å². The first-order valence-electron chi connectivity index (χ1n) is 9.41. The number of rotatable bonds is 3. The van der Waals surface area contributed by atoms with Gasteiger partial charge in [0.15, 0.2) is 5.17 Å². The van der Waals surface area contributed by atoms with Gasteiger partial charge in [0.2, 0.25) is 0 Å². The standard InChI is InChI=1S/C23H18BrCl2N3OS/c1-13-10-15(14(2)29(13)20-7-5-4-6-18(20)25)11-21-22(30)28(3)23(31-21)27-16-8-9-17(24)19(26)12-16/h4-12H,1-3H3/b21-11-,27-23?. The molecule has 2 aromatic carbocycles. The number of halogens is 3. The van der Waals surface area contributed by atoms with E-state index in [1.807, 2.05) is 56.3 Å². The predicted octanol–water partition coefficient (Wildman–Crippen LogP) is 7.40. The number of likely N-dealkylation sites (N-methyl/N-ethyl adjacent to an activating group) is 1. The summed E-state index contributed by atoms with van der Waals surface area (Å²) in [5.74, 6) is -0.0884. The van der Waals surface area contributed by atoms with Crippen LogP contribution in [0.25, 0.3) is 11.8 Å². The van der Waals surface area contributed by atoms with E-state index in [1.165, 1.54) is 11.8 Å². The second-order valence-corrected chi connectivity index (χ2v) is 9.76. The molecule has 158 valence electrons. The van der Waals surface area contributed by atoms with Gasteiger partial charge >= 0.3 is 0 Å². The number of benzene rings is 2. The maximum absolute atomic E-state index is 12.9. The van der Waals surface area contributed by atoms with Crippen molar-refractivity contribution in [2.75, 3.05) is 7.05 Å². The molecule has 1 fully saturated rings. The second kappa shape index (κ2) is 8.87. The highest BCUT2D eigenvalue weighted by Gasteiger charge is 2.30. The molecule has 8 heteroatoms. The second-order valence-electron chi connectivity index (χ2n) is 7.08. The van der Waals surface area contributed by atoms with Gasteiger partial charge in [-0.15, -0.1) is 0 Å². The number of carbonyl (C=O) groups excluding carboxylic acids is 1. The molecule has 0 unspecified atom stereocenters. The lowest BCUT2D eigenvalue weighted by Crippen LogP contribution is -2.23. The number of hydrogen-bond acceptors (Lipinski definition) is 3. The molecule has 1 aliphatic heterocycles. The molecule has 2 heterocycles. The van der Waals surface area contributed by atoms with E-state index in [0.29, 0.717) is 25.8 Å². The Morgan fingerprint density at radius 1 is 1.06 bits per heavy atom. The molecule has 1 aliphatic rings. The molecular weight excluding hydrogens is 517 g/mol. The minimum Gasteiger partial charge on any atom is -0.316 e. The number of hydrogen-bond donors (Lipinski definition) is 0. The minimum absolute atomic E-state index is 0.0884. The van der Waals surface area contributed by atoms with Crippen LogP contribution in [0.3, 0.4) is 0 Å². The van der Waals surface area contributed by atoms with Crippen molar-refractivity contribution < 1.29 is 4.79 Å². The van der Waals surface area contributed by atoms with Crippen LogP contribution in [0, 0.1) is 13.8 Å². The highest BCUT2D eigenvalue weighted by atomic mass is 79.9. The van der Waals surface area contributed by atoms with Crippen molar-refractivity contribution in [1.82, 2.24) is 9.47 Å². The third-order valence-electron chi connectivity index (χ3n) is 4.98. The number of thioether (sulfide) groups is 1. The summed E-state index contributed by atoms with van der Waals surface area (Å²) in [7, 11) is 1.72. The van der Waals surface area contributed by atoms with Gasteiger partial charge < -0.3 is 4.57 Å². The average Bonchev–Trinajstić information content (AvgIpc) is 3.15. The normalized spacial score (nSPS) is 16.7. The fraction of sp³-hybridized carbons (Fsp3) is 0.130. The zero-order valence-electron chi connectivity index (χ0n) is 17.0. The van der Waals surface area contributed by atoms with E-state index in [4.69, 9.17) is 23.2 Å². The molecule has 0 radical (unpaired) electrons. The molecule has 0 bridgehead atoms. The van der Waals surface area contributed by atoms with E-state index >= 15 is 0 Å². The van der Waals surface area contributed by atoms with Crippen molar-refractivity contribution in [3.8, 4) is 5.69 Å². The summed E-state index contributed by atoms with van der Waals surface area (Å²) < 4.78 is 2.90. The fourth-order valence-electron chi connectivity index (χ4n) is 3.40. The van der Waals surface area contributed by atoms with Crippen molar-refractivity contribution in [2.24, 2.45) is 4.99 Å². The Labute approximate surface area is 203 Å². The first-order valence-corrected chi connectivity index (χ1v) is 11.8. The lowest BCUT2D eigenvalue weighted by molar-refractivity contribution is -0.121. The van der Waals surface area contributed by atoms with Gasteiger partial charge in [-0.05, 0) is 89.6 Å². The van der Waals surface area contributed by atoms with E-state index in [0.717, 1.165) is 27.1 Å². The number of aromatic nitrogens is 1. The van der Waals surface area contributed by atoms with Crippen LogP contribution in [0.2, 0.25) is 10.0 Å². The van der Waals surface area contributed by atoms with Crippen LogP contribution in [-0.4, -0.2) is 27.6 Å². The van der Waals surface area contributed by atoms with Gasteiger partial charge in [0.25, 0.3) is 5.91 Å². The molecule has 0 saturated carbocycles. The molecule has 0 aliphatic carbocycles. The minimum atomic E-state index is -0.0884. The van der Waals surface area contributed by atoms with Crippen LogP contribution in [0.1, 0.15) is 17.0 Å². The molecular formula is C23H18BrCl2N3OS. The fourth-order valence-corrected chi connectivity index (χ4v) is 5.01. The maximum Gasteiger partial charge on any atom is 0.266 e. The number of para-hydroxylation sites is 1. The highest BCUT2D eigenvalue weighted by molar-refractivity contribution is 9.10. The van der Waals surface area contributed by atoms with Crippen LogP contribution in [-0.2, 0) is 4.79 Å². The Kier molecular flexibility index (Phi) is 6.35. The first kappa shape index (κ1) is 22.2. The molecule has 31 heavy (non-hydrogen) atoms. The van der Waals surface area contributed by atoms with Crippen LogP contribution in [0.5, 0.6) is 0 Å². The summed E-state index contributed by atoms with van der Waals surface area (Å²) in [5.41, 5.74) is 4.63. The largest absolute Gasteiger partial charge is 0.316 e. The molecule has 0 spiro atoms. The molecule has 4 nitrogen and oxygen atoms in total. The number of nitrogens with zero attached hydrogens (tertiary/aromatic N) is 3. The predicted molar refractivity (Wildman–Crippen MR) is 135 cm³/mol. The maximum atomic E-state index is 12.9. The smallest absolute Gasteiger partial charge is 0.266 e. The van der Waals surface area contributed by atoms with E-state index in [2.05, 4.69) is 31.6 Å². The molecule has 0 N–H and O–H groups in total. The van der Waals surface area contributed by atoms with E-state index in [9.17, 15) is 4.79 Å². The van der Waals surface area contributed by atoms with E-state index in [-0.39, 0.29) is 5.91 Å². The van der Waals surface area contributed by atoms with Gasteiger partial charge in [-0.2, -0.15) is 0 Å². The summed E-state index contributed by atoms with van der Waals surface area (Å²) in [6.07, 6.45) is 1.91. The Bertz CT molecular complexity index is 1270. The Balaban J connectivity index is 1.69. The summed E-state index contributed by atoms with van der Waals surface area (Å²) in [6.45, 7) is 4.05. The SMILES string of the molecule is Cc1cc(/C=C2\SC(=Nc3ccc(Br)c(Cl)c3)N(C)C2=O)c(C)n1-c1ccccc1Cl. The van der Waals surface area contributed by atoms with Gasteiger partial charge in [-0.25, -0.2) is 4.99 Å². The molecule has 1 amide bonds. The average molecular weight is 535 g/mol.